The van der Waals surface area contributed by atoms with E-state index in [1.54, 1.807) is 21.3 Å². The summed E-state index contributed by atoms with van der Waals surface area (Å²) in [6, 6.07) is 5.81. The summed E-state index contributed by atoms with van der Waals surface area (Å²) in [6.45, 7) is 9.58. The number of hydrogen-bond acceptors (Lipinski definition) is 6. The molecule has 1 atom stereocenters. The molecular formula is C24H41NO5. The molecule has 0 aliphatic rings. The number of hydrogen-bond donors (Lipinski definition) is 0. The van der Waals surface area contributed by atoms with Crippen molar-refractivity contribution in [2.45, 2.75) is 65.7 Å². The molecule has 0 heterocycles. The third kappa shape index (κ3) is 9.02. The van der Waals surface area contributed by atoms with Gasteiger partial charge in [-0.25, -0.2) is 0 Å². The Kier molecular flexibility index (Phi) is 11.4. The van der Waals surface area contributed by atoms with Crippen molar-refractivity contribution in [3.8, 4) is 11.5 Å². The molecule has 0 saturated carbocycles. The maximum Gasteiger partial charge on any atom is 0.169 e. The van der Waals surface area contributed by atoms with Crippen molar-refractivity contribution in [1.29, 1.82) is 0 Å². The van der Waals surface area contributed by atoms with E-state index in [0.717, 1.165) is 36.3 Å². The van der Waals surface area contributed by atoms with Gasteiger partial charge in [0.05, 0.1) is 19.8 Å². The monoisotopic (exact) mass is 423 g/mol. The van der Waals surface area contributed by atoms with Gasteiger partial charge in [-0.05, 0) is 56.3 Å². The molecule has 6 nitrogen and oxygen atoms in total. The van der Waals surface area contributed by atoms with Crippen LogP contribution in [0.5, 0.6) is 11.5 Å². The lowest BCUT2D eigenvalue weighted by Gasteiger charge is -2.33. The predicted octanol–water partition coefficient (Wildman–Crippen LogP) is 4.34. The van der Waals surface area contributed by atoms with E-state index < -0.39 is 0 Å². The van der Waals surface area contributed by atoms with Crippen LogP contribution in [0.25, 0.3) is 0 Å². The van der Waals surface area contributed by atoms with E-state index in [1.165, 1.54) is 0 Å². The molecule has 1 aromatic carbocycles. The highest BCUT2D eigenvalue weighted by Gasteiger charge is 2.29. The molecule has 0 aliphatic carbocycles. The van der Waals surface area contributed by atoms with Crippen LogP contribution < -0.4 is 9.47 Å². The summed E-state index contributed by atoms with van der Waals surface area (Å²) in [4.78, 5) is 15.2. The third-order valence-electron chi connectivity index (χ3n) is 5.09. The van der Waals surface area contributed by atoms with Crippen LogP contribution in [0.4, 0.5) is 0 Å². The minimum Gasteiger partial charge on any atom is -0.493 e. The highest BCUT2D eigenvalue weighted by molar-refractivity contribution is 5.84. The second-order valence-corrected chi connectivity index (χ2v) is 8.86. The number of Topliss-reactive ketones (excluding diaryl/α,β-unsaturated/α-hetero) is 1. The second kappa shape index (κ2) is 12.9. The molecule has 1 rings (SSSR count). The fraction of sp³-hybridized carbons (Fsp3) is 0.708. The van der Waals surface area contributed by atoms with Crippen LogP contribution in [0.1, 0.15) is 52.5 Å². The quantitative estimate of drug-likeness (QED) is 0.415. The van der Waals surface area contributed by atoms with Crippen LogP contribution in [0, 0.1) is 5.41 Å². The molecule has 0 spiro atoms. The number of aryl methyl sites for hydroxylation is 1. The van der Waals surface area contributed by atoms with Crippen molar-refractivity contribution in [1.82, 2.24) is 4.90 Å². The topological polar surface area (TPSA) is 57.2 Å². The number of carbonyl (C=O) groups is 1. The average Bonchev–Trinajstić information content (AvgIpc) is 2.69. The van der Waals surface area contributed by atoms with Gasteiger partial charge in [-0.15, -0.1) is 0 Å². The Morgan fingerprint density at radius 3 is 2.30 bits per heavy atom. The van der Waals surface area contributed by atoms with Crippen LogP contribution in [0.3, 0.4) is 0 Å². The van der Waals surface area contributed by atoms with Gasteiger partial charge in [0, 0.05) is 27.2 Å². The van der Waals surface area contributed by atoms with Crippen LogP contribution in [-0.2, 0) is 20.7 Å². The SMILES string of the molecule is CCOc1cc(CCCC(=O)[C@@H](CC(C)(C)C)N(C)CC(OC)OC)ccc1OC. The number of ketones is 1. The highest BCUT2D eigenvalue weighted by atomic mass is 16.7. The Morgan fingerprint density at radius 2 is 1.77 bits per heavy atom. The number of rotatable bonds is 14. The van der Waals surface area contributed by atoms with Crippen LogP contribution in [-0.4, -0.2) is 64.5 Å². The fourth-order valence-electron chi connectivity index (χ4n) is 3.48. The number of benzene rings is 1. The van der Waals surface area contributed by atoms with E-state index in [0.29, 0.717) is 19.6 Å². The summed E-state index contributed by atoms with van der Waals surface area (Å²) >= 11 is 0. The van der Waals surface area contributed by atoms with E-state index in [4.69, 9.17) is 18.9 Å². The van der Waals surface area contributed by atoms with E-state index in [2.05, 4.69) is 25.7 Å². The third-order valence-corrected chi connectivity index (χ3v) is 5.09. The zero-order valence-corrected chi connectivity index (χ0v) is 20.1. The normalized spacial score (nSPS) is 13.0. The summed E-state index contributed by atoms with van der Waals surface area (Å²) in [5.41, 5.74) is 1.19. The summed E-state index contributed by atoms with van der Waals surface area (Å²) < 4.78 is 21.6. The van der Waals surface area contributed by atoms with Gasteiger partial charge in [0.1, 0.15) is 5.78 Å². The van der Waals surface area contributed by atoms with Gasteiger partial charge in [0.2, 0.25) is 0 Å². The Balaban J connectivity index is 2.76. The van der Waals surface area contributed by atoms with E-state index >= 15 is 0 Å². The first-order valence-electron chi connectivity index (χ1n) is 10.7. The zero-order valence-electron chi connectivity index (χ0n) is 20.1. The summed E-state index contributed by atoms with van der Waals surface area (Å²) in [5, 5.41) is 0. The molecule has 0 saturated heterocycles. The van der Waals surface area contributed by atoms with E-state index in [9.17, 15) is 4.79 Å². The lowest BCUT2D eigenvalue weighted by Crippen LogP contribution is -2.45. The molecule has 0 bridgehead atoms. The molecule has 0 radical (unpaired) electrons. The Hall–Kier alpha value is -1.63. The zero-order chi connectivity index (χ0) is 22.7. The lowest BCUT2D eigenvalue weighted by atomic mass is 9.85. The number of carbonyl (C=O) groups excluding carboxylic acids is 1. The maximum atomic E-state index is 13.1. The molecule has 30 heavy (non-hydrogen) atoms. The molecule has 0 unspecified atom stereocenters. The molecule has 0 N–H and O–H groups in total. The van der Waals surface area contributed by atoms with Gasteiger partial charge in [-0.2, -0.15) is 0 Å². The first-order chi connectivity index (χ1) is 14.1. The number of ether oxygens (including phenoxy) is 4. The minimum atomic E-state index is -0.346. The van der Waals surface area contributed by atoms with Crippen molar-refractivity contribution in [3.05, 3.63) is 23.8 Å². The van der Waals surface area contributed by atoms with Gasteiger partial charge in [-0.1, -0.05) is 26.8 Å². The van der Waals surface area contributed by atoms with Gasteiger partial charge in [0.15, 0.2) is 17.8 Å². The fourth-order valence-corrected chi connectivity index (χ4v) is 3.48. The van der Waals surface area contributed by atoms with Gasteiger partial charge >= 0.3 is 0 Å². The molecule has 0 aromatic heterocycles. The number of nitrogens with zero attached hydrogens (tertiary/aromatic N) is 1. The average molecular weight is 424 g/mol. The van der Waals surface area contributed by atoms with Crippen LogP contribution in [0.2, 0.25) is 0 Å². The predicted molar refractivity (Wildman–Crippen MR) is 120 cm³/mol. The Bertz CT molecular complexity index is 637. The van der Waals surface area contributed by atoms with Gasteiger partial charge in [-0.3, -0.25) is 9.69 Å². The van der Waals surface area contributed by atoms with Crippen molar-refractivity contribution in [2.24, 2.45) is 5.41 Å². The van der Waals surface area contributed by atoms with Crippen molar-refractivity contribution in [3.63, 3.8) is 0 Å². The molecule has 1 aromatic rings. The standard InChI is InChI=1S/C24H41NO5/c1-9-30-22-15-18(13-14-21(22)27-6)11-10-12-20(26)19(16-24(2,3)4)25(5)17-23(28-7)29-8/h13-15,19,23H,9-12,16-17H2,1-8H3/t19-/m1/s1. The van der Waals surface area contributed by atoms with Crippen LogP contribution in [0.15, 0.2) is 18.2 Å². The summed E-state index contributed by atoms with van der Waals surface area (Å²) in [5.74, 6) is 1.74. The van der Waals surface area contributed by atoms with Crippen LogP contribution >= 0.6 is 0 Å². The van der Waals surface area contributed by atoms with Gasteiger partial charge < -0.3 is 18.9 Å². The smallest absolute Gasteiger partial charge is 0.169 e. The Labute approximate surface area is 182 Å². The molecule has 0 amide bonds. The lowest BCUT2D eigenvalue weighted by molar-refractivity contribution is -0.134. The van der Waals surface area contributed by atoms with Crippen molar-refractivity contribution < 1.29 is 23.7 Å². The van der Waals surface area contributed by atoms with Crippen molar-refractivity contribution >= 4 is 5.78 Å². The van der Waals surface area contributed by atoms with E-state index in [-0.39, 0.29) is 23.5 Å². The Morgan fingerprint density at radius 1 is 1.10 bits per heavy atom. The molecule has 0 aliphatic heterocycles. The summed E-state index contributed by atoms with van der Waals surface area (Å²) in [6.07, 6.45) is 2.59. The molecule has 0 fully saturated rings. The number of likely N-dealkylation sites (N-methyl/N-ethyl adjacent to an activating group) is 1. The molecule has 172 valence electrons. The van der Waals surface area contributed by atoms with E-state index in [1.807, 2.05) is 32.2 Å². The first-order valence-corrected chi connectivity index (χ1v) is 10.7. The highest BCUT2D eigenvalue weighted by Crippen LogP contribution is 2.29. The number of methoxy groups -OCH3 is 3. The molecular weight excluding hydrogens is 382 g/mol. The largest absolute Gasteiger partial charge is 0.493 e. The van der Waals surface area contributed by atoms with Crippen molar-refractivity contribution in [2.75, 3.05) is 41.5 Å². The maximum absolute atomic E-state index is 13.1. The van der Waals surface area contributed by atoms with Gasteiger partial charge in [0.25, 0.3) is 0 Å². The minimum absolute atomic E-state index is 0.0482. The summed E-state index contributed by atoms with van der Waals surface area (Å²) in [7, 11) is 6.85. The second-order valence-electron chi connectivity index (χ2n) is 8.86. The molecule has 6 heteroatoms. The first kappa shape index (κ1) is 26.4.